The van der Waals surface area contributed by atoms with Gasteiger partial charge >= 0.3 is 0 Å². The van der Waals surface area contributed by atoms with Crippen LogP contribution in [0.15, 0.2) is 54.7 Å². The van der Waals surface area contributed by atoms with Gasteiger partial charge in [0.1, 0.15) is 0 Å². The van der Waals surface area contributed by atoms with Crippen molar-refractivity contribution in [3.05, 3.63) is 71.4 Å². The molecular weight excluding hydrogens is 412 g/mol. The molecule has 2 heterocycles. The lowest BCUT2D eigenvalue weighted by atomic mass is 9.79. The van der Waals surface area contributed by atoms with Gasteiger partial charge in [-0.25, -0.2) is 0 Å². The Morgan fingerprint density at radius 2 is 1.82 bits per heavy atom. The van der Waals surface area contributed by atoms with Crippen molar-refractivity contribution in [3.8, 4) is 0 Å². The van der Waals surface area contributed by atoms with Crippen molar-refractivity contribution >= 4 is 22.7 Å². The number of aromatic nitrogens is 1. The van der Waals surface area contributed by atoms with Gasteiger partial charge in [-0.3, -0.25) is 9.59 Å². The Labute approximate surface area is 196 Å². The van der Waals surface area contributed by atoms with Crippen molar-refractivity contribution in [2.45, 2.75) is 38.6 Å². The molecule has 4 rings (SSSR count). The lowest BCUT2D eigenvalue weighted by Gasteiger charge is -2.39. The van der Waals surface area contributed by atoms with E-state index >= 15 is 0 Å². The van der Waals surface area contributed by atoms with Crippen molar-refractivity contribution < 1.29 is 9.59 Å². The number of H-pyrrole nitrogens is 1. The number of carbonyl (C=O) groups excluding carboxylic acids is 2. The number of hydrogen-bond donors (Lipinski definition) is 2. The largest absolute Gasteiger partial charge is 0.361 e. The topological polar surface area (TPSA) is 68.4 Å². The number of fused-ring (bicyclic) bond motifs is 2. The first-order valence-corrected chi connectivity index (χ1v) is 12.0. The third-order valence-corrected chi connectivity index (χ3v) is 6.80. The highest BCUT2D eigenvalue weighted by molar-refractivity contribution is 6.02. The van der Waals surface area contributed by atoms with Crippen LogP contribution in [0.25, 0.3) is 10.9 Å². The minimum absolute atomic E-state index is 0.0383. The summed E-state index contributed by atoms with van der Waals surface area (Å²) >= 11 is 0. The standard InChI is InChI=1S/C27H34N4O2/c1-4-6-16-31(5-2)17-15-28-26(32)24-20-12-7-8-13-21(20)27(33)30(3)25(24)22-18-29-23-14-10-9-11-19(22)23/h7-14,18,24-25,29H,4-6,15-17H2,1-3H3,(H,28,32). The highest BCUT2D eigenvalue weighted by Crippen LogP contribution is 2.44. The molecule has 174 valence electrons. The summed E-state index contributed by atoms with van der Waals surface area (Å²) in [6.07, 6.45) is 4.26. The maximum absolute atomic E-state index is 13.7. The molecule has 1 aliphatic heterocycles. The number of amides is 2. The molecule has 33 heavy (non-hydrogen) atoms. The molecule has 2 unspecified atom stereocenters. The normalized spacial score (nSPS) is 18.1. The van der Waals surface area contributed by atoms with Crippen LogP contribution < -0.4 is 5.32 Å². The molecule has 0 aliphatic carbocycles. The van der Waals surface area contributed by atoms with Crippen LogP contribution in [0, 0.1) is 0 Å². The van der Waals surface area contributed by atoms with Crippen molar-refractivity contribution in [2.24, 2.45) is 0 Å². The number of unbranched alkanes of at least 4 members (excludes halogenated alkanes) is 1. The fraction of sp³-hybridized carbons (Fsp3) is 0.407. The predicted octanol–water partition coefficient (Wildman–Crippen LogP) is 4.32. The van der Waals surface area contributed by atoms with Crippen LogP contribution in [0.3, 0.4) is 0 Å². The average Bonchev–Trinajstić information content (AvgIpc) is 3.27. The molecule has 0 saturated heterocycles. The van der Waals surface area contributed by atoms with Crippen LogP contribution >= 0.6 is 0 Å². The van der Waals surface area contributed by atoms with Crippen molar-refractivity contribution in [2.75, 3.05) is 33.2 Å². The number of rotatable bonds is 9. The molecule has 1 aliphatic rings. The van der Waals surface area contributed by atoms with E-state index in [0.29, 0.717) is 12.1 Å². The summed E-state index contributed by atoms with van der Waals surface area (Å²) in [7, 11) is 1.80. The van der Waals surface area contributed by atoms with E-state index in [1.54, 1.807) is 11.9 Å². The van der Waals surface area contributed by atoms with Crippen molar-refractivity contribution in [1.29, 1.82) is 0 Å². The Morgan fingerprint density at radius 1 is 1.06 bits per heavy atom. The maximum atomic E-state index is 13.7. The minimum Gasteiger partial charge on any atom is -0.361 e. The molecule has 2 amide bonds. The summed E-state index contributed by atoms with van der Waals surface area (Å²) in [6.45, 7) is 7.78. The summed E-state index contributed by atoms with van der Waals surface area (Å²) < 4.78 is 0. The number of likely N-dealkylation sites (N-methyl/N-ethyl adjacent to an activating group) is 2. The Bertz CT molecular complexity index is 1120. The summed E-state index contributed by atoms with van der Waals surface area (Å²) in [6, 6.07) is 15.2. The minimum atomic E-state index is -0.478. The zero-order valence-electron chi connectivity index (χ0n) is 19.8. The molecule has 0 fully saturated rings. The molecular formula is C27H34N4O2. The quantitative estimate of drug-likeness (QED) is 0.514. The first kappa shape index (κ1) is 23.1. The van der Waals surface area contributed by atoms with E-state index in [-0.39, 0.29) is 17.9 Å². The molecule has 2 aromatic carbocycles. The Kier molecular flexibility index (Phi) is 7.14. The lowest BCUT2D eigenvalue weighted by molar-refractivity contribution is -0.124. The molecule has 0 bridgehead atoms. The number of nitrogens with zero attached hydrogens (tertiary/aromatic N) is 2. The van der Waals surface area contributed by atoms with Gasteiger partial charge in [-0.05, 0) is 37.2 Å². The highest BCUT2D eigenvalue weighted by Gasteiger charge is 2.43. The Morgan fingerprint density at radius 3 is 2.61 bits per heavy atom. The number of para-hydroxylation sites is 1. The fourth-order valence-electron chi connectivity index (χ4n) is 4.94. The van der Waals surface area contributed by atoms with Crippen LogP contribution in [-0.2, 0) is 4.79 Å². The van der Waals surface area contributed by atoms with Gasteiger partial charge in [-0.2, -0.15) is 0 Å². The second-order valence-electron chi connectivity index (χ2n) is 8.79. The predicted molar refractivity (Wildman–Crippen MR) is 132 cm³/mol. The van der Waals surface area contributed by atoms with Crippen LogP contribution in [0.2, 0.25) is 0 Å². The van der Waals surface area contributed by atoms with Crippen molar-refractivity contribution in [3.63, 3.8) is 0 Å². The molecule has 1 aromatic heterocycles. The molecule has 0 radical (unpaired) electrons. The van der Waals surface area contributed by atoms with Gasteiger partial charge in [0, 0.05) is 48.4 Å². The van der Waals surface area contributed by atoms with Gasteiger partial charge in [0.05, 0.1) is 12.0 Å². The molecule has 0 spiro atoms. The van der Waals surface area contributed by atoms with Crippen molar-refractivity contribution in [1.82, 2.24) is 20.1 Å². The number of carbonyl (C=O) groups is 2. The second kappa shape index (κ2) is 10.2. The van der Waals surface area contributed by atoms with Crippen LogP contribution in [0.4, 0.5) is 0 Å². The van der Waals surface area contributed by atoms with E-state index in [1.807, 2.05) is 54.7 Å². The monoisotopic (exact) mass is 446 g/mol. The highest BCUT2D eigenvalue weighted by atomic mass is 16.2. The van der Waals surface area contributed by atoms with Gasteiger partial charge in [0.15, 0.2) is 0 Å². The van der Waals surface area contributed by atoms with Gasteiger partial charge in [-0.1, -0.05) is 56.7 Å². The van der Waals surface area contributed by atoms with Crippen LogP contribution in [-0.4, -0.2) is 59.8 Å². The van der Waals surface area contributed by atoms with Gasteiger partial charge in [-0.15, -0.1) is 0 Å². The first-order chi connectivity index (χ1) is 16.1. The molecule has 0 saturated carbocycles. The van der Waals surface area contributed by atoms with E-state index in [9.17, 15) is 9.59 Å². The van der Waals surface area contributed by atoms with E-state index in [1.165, 1.54) is 0 Å². The summed E-state index contributed by atoms with van der Waals surface area (Å²) in [5.41, 5.74) is 3.37. The van der Waals surface area contributed by atoms with E-state index in [4.69, 9.17) is 0 Å². The average molecular weight is 447 g/mol. The smallest absolute Gasteiger partial charge is 0.254 e. The molecule has 2 atom stereocenters. The fourth-order valence-corrected chi connectivity index (χ4v) is 4.94. The first-order valence-electron chi connectivity index (χ1n) is 12.0. The number of nitrogens with one attached hydrogen (secondary N) is 2. The molecule has 3 aromatic rings. The third kappa shape index (κ3) is 4.53. The van der Waals surface area contributed by atoms with Gasteiger partial charge in [0.25, 0.3) is 5.91 Å². The number of benzene rings is 2. The SMILES string of the molecule is CCCCN(CC)CCNC(=O)C1c2ccccc2C(=O)N(C)C1c1c[nH]c2ccccc12. The van der Waals surface area contributed by atoms with Crippen LogP contribution in [0.1, 0.15) is 60.1 Å². The Balaban J connectivity index is 1.65. The Hall–Kier alpha value is -3.12. The number of hydrogen-bond acceptors (Lipinski definition) is 3. The molecule has 6 nitrogen and oxygen atoms in total. The third-order valence-electron chi connectivity index (χ3n) is 6.80. The van der Waals surface area contributed by atoms with Crippen LogP contribution in [0.5, 0.6) is 0 Å². The number of aromatic amines is 1. The van der Waals surface area contributed by atoms with Gasteiger partial charge in [0.2, 0.25) is 5.91 Å². The maximum Gasteiger partial charge on any atom is 0.254 e. The lowest BCUT2D eigenvalue weighted by Crippen LogP contribution is -2.46. The van der Waals surface area contributed by atoms with E-state index in [2.05, 4.69) is 29.0 Å². The van der Waals surface area contributed by atoms with E-state index < -0.39 is 5.92 Å². The molecule has 6 heteroatoms. The zero-order valence-corrected chi connectivity index (χ0v) is 19.8. The summed E-state index contributed by atoms with van der Waals surface area (Å²) in [4.78, 5) is 34.3. The van der Waals surface area contributed by atoms with E-state index in [0.717, 1.165) is 54.5 Å². The second-order valence-corrected chi connectivity index (χ2v) is 8.79. The van der Waals surface area contributed by atoms with Gasteiger partial charge < -0.3 is 20.1 Å². The molecule has 2 N–H and O–H groups in total. The zero-order chi connectivity index (χ0) is 23.4. The summed E-state index contributed by atoms with van der Waals surface area (Å²) in [5, 5.41) is 4.22. The summed E-state index contributed by atoms with van der Waals surface area (Å²) in [5.74, 6) is -0.570.